The van der Waals surface area contributed by atoms with Crippen LogP contribution in [0.3, 0.4) is 0 Å². The summed E-state index contributed by atoms with van der Waals surface area (Å²) in [4.78, 5) is 36.8. The van der Waals surface area contributed by atoms with E-state index in [4.69, 9.17) is 9.47 Å². The van der Waals surface area contributed by atoms with Gasteiger partial charge in [-0.3, -0.25) is 19.3 Å². The molecule has 0 spiro atoms. The third-order valence-corrected chi connectivity index (χ3v) is 4.83. The minimum Gasteiger partial charge on any atom is -0.379 e. The molecule has 0 aromatic carbocycles. The van der Waals surface area contributed by atoms with Crippen molar-refractivity contribution >= 4 is 29.4 Å². The number of Topliss-reactive ketones (excluding diaryl/α,β-unsaturated/α-hetero) is 1. The van der Waals surface area contributed by atoms with Crippen LogP contribution < -0.4 is 5.32 Å². The van der Waals surface area contributed by atoms with Crippen LogP contribution in [0.2, 0.25) is 0 Å². The van der Waals surface area contributed by atoms with E-state index in [-0.39, 0.29) is 42.2 Å². The molecule has 1 aliphatic heterocycles. The van der Waals surface area contributed by atoms with E-state index in [0.29, 0.717) is 39.3 Å². The largest absolute Gasteiger partial charge is 0.379 e. The van der Waals surface area contributed by atoms with Crippen molar-refractivity contribution in [3.63, 3.8) is 0 Å². The molecule has 1 rings (SSSR count). The molecule has 1 fully saturated rings. The molecule has 0 saturated carbocycles. The number of carbonyl (C=O) groups excluding carboxylic acids is 3. The summed E-state index contributed by atoms with van der Waals surface area (Å²) in [5.74, 6) is -0.281. The average molecular weight is 375 g/mol. The molecule has 0 aliphatic carbocycles. The Morgan fingerprint density at radius 3 is 2.56 bits per heavy atom. The first-order chi connectivity index (χ1) is 12.1. The first kappa shape index (κ1) is 22.1. The highest BCUT2D eigenvalue weighted by atomic mass is 32.2. The van der Waals surface area contributed by atoms with E-state index in [1.54, 1.807) is 0 Å². The smallest absolute Gasteiger partial charge is 0.242 e. The molecule has 2 amide bonds. The molecule has 1 atom stereocenters. The average Bonchev–Trinajstić information content (AvgIpc) is 2.88. The van der Waals surface area contributed by atoms with Crippen molar-refractivity contribution in [2.24, 2.45) is 0 Å². The van der Waals surface area contributed by atoms with Crippen molar-refractivity contribution in [2.75, 3.05) is 52.3 Å². The van der Waals surface area contributed by atoms with Crippen LogP contribution in [0.5, 0.6) is 0 Å². The van der Waals surface area contributed by atoms with E-state index < -0.39 is 0 Å². The fourth-order valence-corrected chi connectivity index (χ4v) is 3.09. The third kappa shape index (κ3) is 8.80. The maximum absolute atomic E-state index is 11.9. The molecule has 8 heteroatoms. The Morgan fingerprint density at radius 1 is 1.20 bits per heavy atom. The van der Waals surface area contributed by atoms with Crippen LogP contribution in [-0.4, -0.2) is 80.1 Å². The van der Waals surface area contributed by atoms with Gasteiger partial charge in [-0.05, 0) is 19.2 Å². The van der Waals surface area contributed by atoms with Gasteiger partial charge in [-0.25, -0.2) is 0 Å². The van der Waals surface area contributed by atoms with Gasteiger partial charge in [-0.2, -0.15) is 11.8 Å². The number of carbonyl (C=O) groups is 3. The van der Waals surface area contributed by atoms with E-state index >= 15 is 0 Å². The number of likely N-dealkylation sites (tertiary alicyclic amines) is 1. The first-order valence-electron chi connectivity index (χ1n) is 8.85. The highest BCUT2D eigenvalue weighted by molar-refractivity contribution is 8.00. The van der Waals surface area contributed by atoms with Gasteiger partial charge >= 0.3 is 0 Å². The number of imide groups is 1. The molecule has 1 heterocycles. The third-order valence-electron chi connectivity index (χ3n) is 3.89. The maximum Gasteiger partial charge on any atom is 0.242 e. The first-order valence-corrected chi connectivity index (χ1v) is 10.1. The highest BCUT2D eigenvalue weighted by Crippen LogP contribution is 2.23. The minimum absolute atomic E-state index is 0.0543. The molecule has 7 nitrogen and oxygen atoms in total. The second kappa shape index (κ2) is 13.3. The highest BCUT2D eigenvalue weighted by Gasteiger charge is 2.37. The van der Waals surface area contributed by atoms with Gasteiger partial charge in [0.15, 0.2) is 0 Å². The van der Waals surface area contributed by atoms with Crippen molar-refractivity contribution in [1.82, 2.24) is 10.2 Å². The summed E-state index contributed by atoms with van der Waals surface area (Å²) >= 11 is 1.38. The molecular formula is C17H30N2O5S. The second-order valence-electron chi connectivity index (χ2n) is 5.78. The molecule has 1 aliphatic rings. The molecule has 25 heavy (non-hydrogen) atoms. The SMILES string of the molecule is CCNCCOCCOCCCC(=O)CCN1C(=O)CC(SC)C1=O. The van der Waals surface area contributed by atoms with Crippen LogP contribution >= 0.6 is 11.8 Å². The summed E-state index contributed by atoms with van der Waals surface area (Å²) in [7, 11) is 0. The van der Waals surface area contributed by atoms with Crippen molar-refractivity contribution in [3.05, 3.63) is 0 Å². The van der Waals surface area contributed by atoms with E-state index in [2.05, 4.69) is 5.32 Å². The standard InChI is InChI=1S/C17H30N2O5S/c1-3-18-7-10-24-12-11-23-9-4-5-14(20)6-8-19-16(21)13-15(25-2)17(19)22/h15,18H,3-13H2,1-2H3. The van der Waals surface area contributed by atoms with Gasteiger partial charge in [-0.15, -0.1) is 0 Å². The van der Waals surface area contributed by atoms with Gasteiger partial charge in [0.25, 0.3) is 0 Å². The molecule has 0 radical (unpaired) electrons. The number of likely N-dealkylation sites (N-methyl/N-ethyl adjacent to an activating group) is 1. The van der Waals surface area contributed by atoms with Gasteiger partial charge in [-0.1, -0.05) is 6.92 Å². The van der Waals surface area contributed by atoms with E-state index in [1.165, 1.54) is 16.7 Å². The van der Waals surface area contributed by atoms with E-state index in [0.717, 1.165) is 13.1 Å². The van der Waals surface area contributed by atoms with Crippen molar-refractivity contribution in [1.29, 1.82) is 0 Å². The van der Waals surface area contributed by atoms with Crippen LogP contribution in [0.1, 0.15) is 32.6 Å². The van der Waals surface area contributed by atoms with Crippen molar-refractivity contribution < 1.29 is 23.9 Å². The Hall–Kier alpha value is -0.960. The lowest BCUT2D eigenvalue weighted by Crippen LogP contribution is -2.33. The normalized spacial score (nSPS) is 17.5. The topological polar surface area (TPSA) is 84.9 Å². The fourth-order valence-electron chi connectivity index (χ4n) is 2.45. The monoisotopic (exact) mass is 374 g/mol. The Kier molecular flexibility index (Phi) is 11.7. The van der Waals surface area contributed by atoms with Gasteiger partial charge in [0, 0.05) is 39.0 Å². The summed E-state index contributed by atoms with van der Waals surface area (Å²) in [6.07, 6.45) is 3.34. The Balaban J connectivity index is 1.99. The Bertz CT molecular complexity index is 433. The molecule has 144 valence electrons. The summed E-state index contributed by atoms with van der Waals surface area (Å²) in [6.45, 7) is 6.28. The number of nitrogens with one attached hydrogen (secondary N) is 1. The van der Waals surface area contributed by atoms with Crippen LogP contribution in [0.15, 0.2) is 0 Å². The molecular weight excluding hydrogens is 344 g/mol. The molecule has 1 N–H and O–H groups in total. The van der Waals surface area contributed by atoms with E-state index in [9.17, 15) is 14.4 Å². The quantitative estimate of drug-likeness (QED) is 0.336. The Morgan fingerprint density at radius 2 is 1.92 bits per heavy atom. The molecule has 0 bridgehead atoms. The number of nitrogens with zero attached hydrogens (tertiary/aromatic N) is 1. The van der Waals surface area contributed by atoms with Gasteiger partial charge in [0.1, 0.15) is 5.78 Å². The molecule has 1 unspecified atom stereocenters. The maximum atomic E-state index is 11.9. The van der Waals surface area contributed by atoms with Gasteiger partial charge < -0.3 is 14.8 Å². The summed E-state index contributed by atoms with van der Waals surface area (Å²) in [5.41, 5.74) is 0. The number of rotatable bonds is 15. The van der Waals surface area contributed by atoms with Crippen LogP contribution in [0.25, 0.3) is 0 Å². The minimum atomic E-state index is -0.282. The number of ketones is 1. The van der Waals surface area contributed by atoms with Crippen LogP contribution in [-0.2, 0) is 23.9 Å². The lowest BCUT2D eigenvalue weighted by Gasteiger charge is -2.13. The predicted molar refractivity (Wildman–Crippen MR) is 97.7 cm³/mol. The van der Waals surface area contributed by atoms with Crippen molar-refractivity contribution in [3.8, 4) is 0 Å². The lowest BCUT2D eigenvalue weighted by molar-refractivity contribution is -0.138. The number of hydrogen-bond acceptors (Lipinski definition) is 7. The summed E-state index contributed by atoms with van der Waals surface area (Å²) in [5, 5.41) is 2.88. The van der Waals surface area contributed by atoms with Gasteiger partial charge in [0.05, 0.1) is 25.1 Å². The van der Waals surface area contributed by atoms with E-state index in [1.807, 2.05) is 13.2 Å². The van der Waals surface area contributed by atoms with Crippen LogP contribution in [0.4, 0.5) is 0 Å². The molecule has 0 aromatic heterocycles. The fraction of sp³-hybridized carbons (Fsp3) is 0.824. The summed E-state index contributed by atoms with van der Waals surface area (Å²) in [6, 6.07) is 0. The molecule has 1 saturated heterocycles. The van der Waals surface area contributed by atoms with Crippen LogP contribution in [0, 0.1) is 0 Å². The number of hydrogen-bond donors (Lipinski definition) is 1. The lowest BCUT2D eigenvalue weighted by atomic mass is 10.1. The number of amides is 2. The second-order valence-corrected chi connectivity index (χ2v) is 6.82. The zero-order chi connectivity index (χ0) is 18.5. The number of ether oxygens (including phenoxy) is 2. The van der Waals surface area contributed by atoms with Crippen molar-refractivity contribution in [2.45, 2.75) is 37.9 Å². The molecule has 0 aromatic rings. The zero-order valence-electron chi connectivity index (χ0n) is 15.3. The van der Waals surface area contributed by atoms with Gasteiger partial charge in [0.2, 0.25) is 11.8 Å². The number of thioether (sulfide) groups is 1. The summed E-state index contributed by atoms with van der Waals surface area (Å²) < 4.78 is 10.8. The zero-order valence-corrected chi connectivity index (χ0v) is 16.1. The Labute approximate surface area is 154 Å². The predicted octanol–water partition coefficient (Wildman–Crippen LogP) is 0.859.